The topological polar surface area (TPSA) is 51.2 Å². The first-order valence-electron chi connectivity index (χ1n) is 8.37. The number of nitrogens with zero attached hydrogens (tertiary/aromatic N) is 1. The number of aryl methyl sites for hydroxylation is 1. The van der Waals surface area contributed by atoms with Gasteiger partial charge >= 0.3 is 6.18 Å². The highest BCUT2D eigenvalue weighted by Gasteiger charge is 2.39. The van der Waals surface area contributed by atoms with Gasteiger partial charge in [-0.3, -0.25) is 9.78 Å². The summed E-state index contributed by atoms with van der Waals surface area (Å²) in [6, 6.07) is 5.76. The highest BCUT2D eigenvalue weighted by Crippen LogP contribution is 2.47. The second-order valence-corrected chi connectivity index (χ2v) is 7.00. The molecule has 0 radical (unpaired) electrons. The van der Waals surface area contributed by atoms with Crippen LogP contribution in [0.1, 0.15) is 33.3 Å². The highest BCUT2D eigenvalue weighted by atomic mass is 32.1. The number of amides is 1. The zero-order valence-corrected chi connectivity index (χ0v) is 15.8. The summed E-state index contributed by atoms with van der Waals surface area (Å²) in [6.07, 6.45) is -3.35. The maximum Gasteiger partial charge on any atom is 0.429 e. The van der Waals surface area contributed by atoms with Gasteiger partial charge in [0.05, 0.1) is 16.9 Å². The minimum atomic E-state index is -4.58. The van der Waals surface area contributed by atoms with Crippen molar-refractivity contribution in [3.63, 3.8) is 0 Å². The van der Waals surface area contributed by atoms with Crippen LogP contribution in [0, 0.1) is 12.7 Å². The highest BCUT2D eigenvalue weighted by molar-refractivity contribution is 7.19. The number of alkyl halides is 3. The largest absolute Gasteiger partial charge is 0.490 e. The number of aromatic nitrogens is 1. The van der Waals surface area contributed by atoms with E-state index in [1.807, 2.05) is 0 Å². The van der Waals surface area contributed by atoms with E-state index in [4.69, 9.17) is 4.74 Å². The van der Waals surface area contributed by atoms with Crippen molar-refractivity contribution >= 4 is 27.5 Å². The SMILES string of the molecule is CCOc1c(C(F)(F)F)sc2c(C)c(C(=O)NCc3cccc(F)c3)cnc12. The van der Waals surface area contributed by atoms with Gasteiger partial charge in [0, 0.05) is 12.7 Å². The summed E-state index contributed by atoms with van der Waals surface area (Å²) in [7, 11) is 0. The second-order valence-electron chi connectivity index (χ2n) is 5.98. The fourth-order valence-electron chi connectivity index (χ4n) is 2.75. The molecule has 148 valence electrons. The number of fused-ring (bicyclic) bond motifs is 1. The molecule has 4 nitrogen and oxygen atoms in total. The van der Waals surface area contributed by atoms with Gasteiger partial charge in [-0.05, 0) is 37.1 Å². The first-order valence-corrected chi connectivity index (χ1v) is 9.18. The summed E-state index contributed by atoms with van der Waals surface area (Å²) in [6.45, 7) is 3.29. The molecule has 28 heavy (non-hydrogen) atoms. The lowest BCUT2D eigenvalue weighted by molar-refractivity contribution is -0.135. The van der Waals surface area contributed by atoms with Gasteiger partial charge in [0.2, 0.25) is 0 Å². The van der Waals surface area contributed by atoms with Crippen LogP contribution in [0.5, 0.6) is 5.75 Å². The molecule has 3 aromatic rings. The monoisotopic (exact) mass is 412 g/mol. The normalized spacial score (nSPS) is 11.6. The van der Waals surface area contributed by atoms with Crippen LogP contribution in [0.2, 0.25) is 0 Å². The van der Waals surface area contributed by atoms with Gasteiger partial charge in [0.25, 0.3) is 5.91 Å². The molecule has 0 saturated heterocycles. The number of halogens is 4. The van der Waals surface area contributed by atoms with Crippen molar-refractivity contribution in [3.05, 3.63) is 57.8 Å². The van der Waals surface area contributed by atoms with Crippen molar-refractivity contribution in [1.29, 1.82) is 0 Å². The molecule has 0 spiro atoms. The van der Waals surface area contributed by atoms with Crippen LogP contribution in [0.25, 0.3) is 10.2 Å². The number of carbonyl (C=O) groups excluding carboxylic acids is 1. The van der Waals surface area contributed by atoms with Crippen molar-refractivity contribution in [3.8, 4) is 5.75 Å². The Morgan fingerprint density at radius 1 is 1.32 bits per heavy atom. The maximum absolute atomic E-state index is 13.3. The molecule has 0 aliphatic rings. The summed E-state index contributed by atoms with van der Waals surface area (Å²) >= 11 is 0.503. The number of carbonyl (C=O) groups is 1. The van der Waals surface area contributed by atoms with Crippen molar-refractivity contribution in [2.24, 2.45) is 0 Å². The molecule has 0 unspecified atom stereocenters. The van der Waals surface area contributed by atoms with Crippen LogP contribution in [-0.4, -0.2) is 17.5 Å². The van der Waals surface area contributed by atoms with Crippen LogP contribution < -0.4 is 10.1 Å². The van der Waals surface area contributed by atoms with E-state index >= 15 is 0 Å². The zero-order chi connectivity index (χ0) is 20.5. The van der Waals surface area contributed by atoms with E-state index in [1.165, 1.54) is 24.4 Å². The third-order valence-corrected chi connectivity index (χ3v) is 5.37. The molecule has 2 heterocycles. The Labute approximate surface area is 162 Å². The Morgan fingerprint density at radius 2 is 2.07 bits per heavy atom. The van der Waals surface area contributed by atoms with E-state index in [0.717, 1.165) is 0 Å². The van der Waals surface area contributed by atoms with Crippen molar-refractivity contribution in [2.45, 2.75) is 26.6 Å². The number of hydrogen-bond donors (Lipinski definition) is 1. The third kappa shape index (κ3) is 3.94. The first kappa shape index (κ1) is 20.1. The molecule has 1 N–H and O–H groups in total. The van der Waals surface area contributed by atoms with Crippen LogP contribution >= 0.6 is 11.3 Å². The fourth-order valence-corrected chi connectivity index (χ4v) is 3.82. The molecule has 0 atom stereocenters. The number of pyridine rings is 1. The summed E-state index contributed by atoms with van der Waals surface area (Å²) in [5.74, 6) is -1.24. The smallest absolute Gasteiger partial charge is 0.429 e. The van der Waals surface area contributed by atoms with Crippen LogP contribution in [0.4, 0.5) is 17.6 Å². The van der Waals surface area contributed by atoms with E-state index in [1.54, 1.807) is 19.9 Å². The molecular weight excluding hydrogens is 396 g/mol. The second kappa shape index (κ2) is 7.75. The van der Waals surface area contributed by atoms with Gasteiger partial charge in [-0.25, -0.2) is 4.39 Å². The van der Waals surface area contributed by atoms with Gasteiger partial charge in [-0.2, -0.15) is 13.2 Å². The molecular formula is C19H16F4N2O2S. The molecule has 1 aromatic carbocycles. The zero-order valence-electron chi connectivity index (χ0n) is 15.0. The molecule has 2 aromatic heterocycles. The Hall–Kier alpha value is -2.68. The maximum atomic E-state index is 13.3. The molecule has 3 rings (SSSR count). The summed E-state index contributed by atoms with van der Waals surface area (Å²) < 4.78 is 58.7. The summed E-state index contributed by atoms with van der Waals surface area (Å²) in [5, 5.41) is 2.63. The number of benzene rings is 1. The number of ether oxygens (including phenoxy) is 1. The fraction of sp³-hybridized carbons (Fsp3) is 0.263. The van der Waals surface area contributed by atoms with Crippen LogP contribution in [0.3, 0.4) is 0 Å². The van der Waals surface area contributed by atoms with Gasteiger partial charge < -0.3 is 10.1 Å². The van der Waals surface area contributed by atoms with Gasteiger partial charge in [-0.15, -0.1) is 11.3 Å². The number of thiophene rings is 1. The predicted octanol–water partition coefficient (Wildman–Crippen LogP) is 5.09. The van der Waals surface area contributed by atoms with E-state index in [-0.39, 0.29) is 34.7 Å². The lowest BCUT2D eigenvalue weighted by Crippen LogP contribution is -2.23. The minimum absolute atomic E-state index is 0.0610. The Morgan fingerprint density at radius 3 is 2.71 bits per heavy atom. The van der Waals surface area contributed by atoms with Crippen LogP contribution in [0.15, 0.2) is 30.5 Å². The van der Waals surface area contributed by atoms with Gasteiger partial charge in [0.1, 0.15) is 11.3 Å². The Bertz CT molecular complexity index is 1030. The number of rotatable bonds is 5. The van der Waals surface area contributed by atoms with Gasteiger partial charge in [0.15, 0.2) is 10.6 Å². The molecule has 0 aliphatic heterocycles. The van der Waals surface area contributed by atoms with E-state index < -0.39 is 22.8 Å². The standard InChI is InChI=1S/C19H16F4N2O2S/c1-3-27-15-14-16(28-17(15)19(21,22)23)10(2)13(9-24-14)18(26)25-8-11-5-4-6-12(20)7-11/h4-7,9H,3,8H2,1-2H3,(H,25,26). The van der Waals surface area contributed by atoms with E-state index in [0.29, 0.717) is 22.5 Å². The first-order chi connectivity index (χ1) is 13.2. The quantitative estimate of drug-likeness (QED) is 0.594. The van der Waals surface area contributed by atoms with Crippen molar-refractivity contribution in [1.82, 2.24) is 10.3 Å². The number of hydrogen-bond acceptors (Lipinski definition) is 4. The lowest BCUT2D eigenvalue weighted by Gasteiger charge is -2.09. The van der Waals surface area contributed by atoms with Crippen LogP contribution in [-0.2, 0) is 12.7 Å². The molecule has 9 heteroatoms. The predicted molar refractivity (Wildman–Crippen MR) is 98.1 cm³/mol. The average Bonchev–Trinajstić information content (AvgIpc) is 3.00. The molecule has 0 fully saturated rings. The van der Waals surface area contributed by atoms with Gasteiger partial charge in [-0.1, -0.05) is 12.1 Å². The van der Waals surface area contributed by atoms with E-state index in [2.05, 4.69) is 10.3 Å². The Balaban J connectivity index is 1.94. The van der Waals surface area contributed by atoms with E-state index in [9.17, 15) is 22.4 Å². The minimum Gasteiger partial charge on any atom is -0.490 e. The molecule has 0 bridgehead atoms. The third-order valence-electron chi connectivity index (χ3n) is 4.04. The summed E-state index contributed by atoms with van der Waals surface area (Å²) in [5.41, 5.74) is 1.18. The average molecular weight is 412 g/mol. The molecule has 0 saturated carbocycles. The van der Waals surface area contributed by atoms with Crippen molar-refractivity contribution < 1.29 is 27.1 Å². The molecule has 0 aliphatic carbocycles. The number of nitrogens with one attached hydrogen (secondary N) is 1. The van der Waals surface area contributed by atoms with Crippen molar-refractivity contribution in [2.75, 3.05) is 6.61 Å². The molecule has 1 amide bonds. The summed E-state index contributed by atoms with van der Waals surface area (Å²) in [4.78, 5) is 15.7. The lowest BCUT2D eigenvalue weighted by atomic mass is 10.1. The Kier molecular flexibility index (Phi) is 5.55.